The number of aryl methyl sites for hydroxylation is 1. The number of hydrogen-bond acceptors (Lipinski definition) is 3. The summed E-state index contributed by atoms with van der Waals surface area (Å²) in [5.41, 5.74) is 3.87. The Labute approximate surface area is 167 Å². The molecular formula is C24H28NOS. The van der Waals surface area contributed by atoms with Crippen LogP contribution in [0, 0.1) is 6.92 Å². The minimum absolute atomic E-state index is 0.732. The van der Waals surface area contributed by atoms with Gasteiger partial charge >= 0.3 is 0 Å². The van der Waals surface area contributed by atoms with Gasteiger partial charge in [0.15, 0.2) is 0 Å². The summed E-state index contributed by atoms with van der Waals surface area (Å²) in [5.74, 6) is 0.985. The van der Waals surface area contributed by atoms with E-state index in [1.165, 1.54) is 34.4 Å². The zero-order valence-electron chi connectivity index (χ0n) is 15.8. The molecule has 1 heterocycles. The lowest BCUT2D eigenvalue weighted by atomic mass is 10.1. The Morgan fingerprint density at radius 2 is 1.78 bits per heavy atom. The van der Waals surface area contributed by atoms with Crippen LogP contribution in [0.3, 0.4) is 0 Å². The predicted octanol–water partition coefficient (Wildman–Crippen LogP) is 6.13. The van der Waals surface area contributed by atoms with Gasteiger partial charge in [-0.15, -0.1) is 11.3 Å². The zero-order valence-corrected chi connectivity index (χ0v) is 16.6. The molecule has 0 aliphatic rings. The van der Waals surface area contributed by atoms with Crippen LogP contribution in [0.1, 0.15) is 30.4 Å². The molecule has 2 aromatic carbocycles. The molecule has 1 radical (unpaired) electrons. The van der Waals surface area contributed by atoms with Gasteiger partial charge in [0.25, 0.3) is 0 Å². The molecule has 3 rings (SSSR count). The lowest BCUT2D eigenvalue weighted by Crippen LogP contribution is -2.12. The molecule has 0 aliphatic heterocycles. The molecule has 1 aromatic heterocycles. The number of unbranched alkanes of at least 4 members (excludes halogenated alkanes) is 2. The fraction of sp³-hybridized carbons (Fsp3) is 0.292. The van der Waals surface area contributed by atoms with E-state index in [1.54, 1.807) is 11.3 Å². The van der Waals surface area contributed by atoms with Gasteiger partial charge in [-0.1, -0.05) is 42.5 Å². The van der Waals surface area contributed by atoms with E-state index in [-0.39, 0.29) is 0 Å². The summed E-state index contributed by atoms with van der Waals surface area (Å²) in [5, 5.41) is 5.40. The Kier molecular flexibility index (Phi) is 7.94. The summed E-state index contributed by atoms with van der Waals surface area (Å²) in [6.07, 6.45) is 4.63. The zero-order chi connectivity index (χ0) is 18.7. The summed E-state index contributed by atoms with van der Waals surface area (Å²) in [6.45, 7) is 6.18. The van der Waals surface area contributed by atoms with E-state index in [9.17, 15) is 0 Å². The molecule has 3 aromatic rings. The smallest absolute Gasteiger partial charge is 0.127 e. The molecule has 141 valence electrons. The Balaban J connectivity index is 1.51. The SMILES string of the molecule is [CH2]CNCc1ccc(OCCCCCc2ccccc2)c(-c2cccs2)c1. The van der Waals surface area contributed by atoms with Crippen LogP contribution in [-0.2, 0) is 13.0 Å². The highest BCUT2D eigenvalue weighted by atomic mass is 32.1. The lowest BCUT2D eigenvalue weighted by molar-refractivity contribution is 0.306. The van der Waals surface area contributed by atoms with Crippen LogP contribution in [0.15, 0.2) is 66.0 Å². The first kappa shape index (κ1) is 19.7. The molecule has 1 N–H and O–H groups in total. The van der Waals surface area contributed by atoms with E-state index >= 15 is 0 Å². The second-order valence-corrected chi connectivity index (χ2v) is 7.58. The first-order valence-electron chi connectivity index (χ1n) is 9.70. The fourth-order valence-corrected chi connectivity index (χ4v) is 3.85. The fourth-order valence-electron chi connectivity index (χ4n) is 3.10. The highest BCUT2D eigenvalue weighted by Gasteiger charge is 2.09. The second-order valence-electron chi connectivity index (χ2n) is 6.63. The van der Waals surface area contributed by atoms with Crippen molar-refractivity contribution in [2.24, 2.45) is 0 Å². The van der Waals surface area contributed by atoms with Gasteiger partial charge in [0.2, 0.25) is 0 Å². The topological polar surface area (TPSA) is 21.3 Å². The van der Waals surface area contributed by atoms with Crippen molar-refractivity contribution in [3.63, 3.8) is 0 Å². The van der Waals surface area contributed by atoms with Crippen molar-refractivity contribution in [2.75, 3.05) is 13.2 Å². The van der Waals surface area contributed by atoms with E-state index in [2.05, 4.69) is 78.3 Å². The minimum Gasteiger partial charge on any atom is -0.493 e. The average molecular weight is 379 g/mol. The van der Waals surface area contributed by atoms with Crippen LogP contribution >= 0.6 is 11.3 Å². The molecule has 0 amide bonds. The standard InChI is InChI=1S/C24H28NOS/c1-2-25-19-21-14-15-23(22(18-21)24-13-9-17-27-24)26-16-8-4-7-12-20-10-5-3-6-11-20/h3,5-6,9-11,13-15,17-18,25H,1-2,4,7-8,12,16,19H2. The van der Waals surface area contributed by atoms with E-state index < -0.39 is 0 Å². The van der Waals surface area contributed by atoms with Crippen LogP contribution in [-0.4, -0.2) is 13.2 Å². The van der Waals surface area contributed by atoms with Crippen molar-refractivity contribution in [2.45, 2.75) is 32.2 Å². The quantitative estimate of drug-likeness (QED) is 0.405. The lowest BCUT2D eigenvalue weighted by Gasteiger charge is -2.13. The predicted molar refractivity (Wildman–Crippen MR) is 116 cm³/mol. The van der Waals surface area contributed by atoms with Gasteiger partial charge in [0.05, 0.1) is 6.61 Å². The van der Waals surface area contributed by atoms with Gasteiger partial charge < -0.3 is 10.1 Å². The third-order valence-corrected chi connectivity index (χ3v) is 5.45. The maximum atomic E-state index is 6.15. The molecule has 0 saturated heterocycles. The number of hydrogen-bond donors (Lipinski definition) is 1. The Morgan fingerprint density at radius 3 is 2.56 bits per heavy atom. The number of ether oxygens (including phenoxy) is 1. The van der Waals surface area contributed by atoms with Crippen LogP contribution in [0.5, 0.6) is 5.75 Å². The Bertz CT molecular complexity index is 783. The summed E-state index contributed by atoms with van der Waals surface area (Å²) in [7, 11) is 0. The van der Waals surface area contributed by atoms with Crippen molar-refractivity contribution in [1.82, 2.24) is 5.32 Å². The van der Waals surface area contributed by atoms with Gasteiger partial charge in [0.1, 0.15) is 5.75 Å². The van der Waals surface area contributed by atoms with Crippen LogP contribution in [0.2, 0.25) is 0 Å². The minimum atomic E-state index is 0.732. The summed E-state index contributed by atoms with van der Waals surface area (Å²) < 4.78 is 6.15. The van der Waals surface area contributed by atoms with Gasteiger partial charge in [0, 0.05) is 17.0 Å². The molecule has 3 heteroatoms. The molecule has 2 nitrogen and oxygen atoms in total. The van der Waals surface area contributed by atoms with Crippen molar-refractivity contribution in [3.05, 3.63) is 84.1 Å². The van der Waals surface area contributed by atoms with E-state index in [0.29, 0.717) is 0 Å². The van der Waals surface area contributed by atoms with E-state index in [0.717, 1.165) is 38.3 Å². The monoisotopic (exact) mass is 378 g/mol. The molecule has 0 atom stereocenters. The Hall–Kier alpha value is -2.10. The van der Waals surface area contributed by atoms with Crippen LogP contribution in [0.25, 0.3) is 10.4 Å². The number of rotatable bonds is 11. The van der Waals surface area contributed by atoms with Gasteiger partial charge in [-0.05, 0) is 73.9 Å². The summed E-state index contributed by atoms with van der Waals surface area (Å²) >= 11 is 1.75. The summed E-state index contributed by atoms with van der Waals surface area (Å²) in [6, 6.07) is 21.4. The van der Waals surface area contributed by atoms with Crippen LogP contribution < -0.4 is 10.1 Å². The molecule has 0 aliphatic carbocycles. The van der Waals surface area contributed by atoms with Crippen molar-refractivity contribution in [1.29, 1.82) is 0 Å². The maximum absolute atomic E-state index is 6.15. The van der Waals surface area contributed by atoms with Crippen LogP contribution in [0.4, 0.5) is 0 Å². The molecule has 0 spiro atoms. The van der Waals surface area contributed by atoms with E-state index in [4.69, 9.17) is 4.74 Å². The largest absolute Gasteiger partial charge is 0.493 e. The average Bonchev–Trinajstić information content (AvgIpc) is 3.25. The third kappa shape index (κ3) is 6.23. The third-order valence-electron chi connectivity index (χ3n) is 4.55. The highest BCUT2D eigenvalue weighted by molar-refractivity contribution is 7.13. The van der Waals surface area contributed by atoms with Gasteiger partial charge in [-0.2, -0.15) is 0 Å². The van der Waals surface area contributed by atoms with Crippen molar-refractivity contribution >= 4 is 11.3 Å². The van der Waals surface area contributed by atoms with Crippen molar-refractivity contribution < 1.29 is 4.74 Å². The molecular weight excluding hydrogens is 350 g/mol. The first-order valence-corrected chi connectivity index (χ1v) is 10.6. The van der Waals surface area contributed by atoms with Crippen molar-refractivity contribution in [3.8, 4) is 16.2 Å². The number of benzene rings is 2. The Morgan fingerprint density at radius 1 is 0.889 bits per heavy atom. The normalized spacial score (nSPS) is 10.9. The highest BCUT2D eigenvalue weighted by Crippen LogP contribution is 2.34. The number of nitrogens with one attached hydrogen (secondary N) is 1. The van der Waals surface area contributed by atoms with Gasteiger partial charge in [-0.25, -0.2) is 0 Å². The molecule has 27 heavy (non-hydrogen) atoms. The molecule has 0 bridgehead atoms. The number of thiophene rings is 1. The molecule has 0 unspecified atom stereocenters. The summed E-state index contributed by atoms with van der Waals surface area (Å²) in [4.78, 5) is 1.26. The first-order chi connectivity index (χ1) is 13.4. The molecule has 0 fully saturated rings. The maximum Gasteiger partial charge on any atom is 0.127 e. The molecule has 0 saturated carbocycles. The van der Waals surface area contributed by atoms with E-state index in [1.807, 2.05) is 0 Å². The van der Waals surface area contributed by atoms with Gasteiger partial charge in [-0.3, -0.25) is 0 Å². The second kappa shape index (κ2) is 10.9.